The molecule has 0 aliphatic heterocycles. The number of oxazole rings is 1. The highest BCUT2D eigenvalue weighted by Gasteiger charge is 2.33. The lowest BCUT2D eigenvalue weighted by Crippen LogP contribution is -2.08. The van der Waals surface area contributed by atoms with Gasteiger partial charge in [-0.25, -0.2) is 4.98 Å². The third-order valence-corrected chi connectivity index (χ3v) is 5.73. The normalized spacial score (nSPS) is 11.5. The monoisotopic (exact) mass is 373 g/mol. The molecule has 6 nitrogen and oxygen atoms in total. The van der Waals surface area contributed by atoms with Gasteiger partial charge in [0.05, 0.1) is 11.3 Å². The average Bonchev–Trinajstić information content (AvgIpc) is 3.09. The number of para-hydroxylation sites is 1. The standard InChI is InChI=1S/C19H20NO5P/c1-14-19(26(21,22-2)23-3)25-18(20-14)16-11-7-8-12-17(16)24-13-15-9-5-4-6-10-15/h4-12H,13H2,1-3H3. The lowest BCUT2D eigenvalue weighted by molar-refractivity contribution is 0.281. The van der Waals surface area contributed by atoms with Gasteiger partial charge in [0.25, 0.3) is 0 Å². The summed E-state index contributed by atoms with van der Waals surface area (Å²) in [7, 11) is -0.902. The number of aryl methyl sites for hydroxylation is 1. The molecule has 1 aromatic heterocycles. The van der Waals surface area contributed by atoms with Gasteiger partial charge in [0, 0.05) is 14.2 Å². The largest absolute Gasteiger partial charge is 0.488 e. The van der Waals surface area contributed by atoms with Crippen LogP contribution in [0, 0.1) is 6.92 Å². The van der Waals surface area contributed by atoms with Crippen molar-refractivity contribution in [3.63, 3.8) is 0 Å². The van der Waals surface area contributed by atoms with Gasteiger partial charge in [0.15, 0.2) is 0 Å². The molecule has 0 spiro atoms. The average molecular weight is 373 g/mol. The van der Waals surface area contributed by atoms with Gasteiger partial charge in [0.1, 0.15) is 12.4 Å². The Morgan fingerprint density at radius 3 is 2.35 bits per heavy atom. The Balaban J connectivity index is 1.92. The molecule has 0 bridgehead atoms. The van der Waals surface area contributed by atoms with Gasteiger partial charge in [-0.3, -0.25) is 4.57 Å². The summed E-state index contributed by atoms with van der Waals surface area (Å²) in [6, 6.07) is 17.3. The molecule has 2 aromatic carbocycles. The maximum atomic E-state index is 12.6. The van der Waals surface area contributed by atoms with Crippen LogP contribution in [-0.2, 0) is 20.2 Å². The zero-order valence-electron chi connectivity index (χ0n) is 14.8. The molecule has 0 radical (unpaired) electrons. The molecule has 26 heavy (non-hydrogen) atoms. The molecule has 0 unspecified atom stereocenters. The number of hydrogen-bond acceptors (Lipinski definition) is 6. The topological polar surface area (TPSA) is 70.8 Å². The van der Waals surface area contributed by atoms with Crippen LogP contribution in [0.2, 0.25) is 0 Å². The minimum Gasteiger partial charge on any atom is -0.488 e. The summed E-state index contributed by atoms with van der Waals surface area (Å²) in [5, 5.41) is 0. The lowest BCUT2D eigenvalue weighted by atomic mass is 10.2. The van der Waals surface area contributed by atoms with Crippen molar-refractivity contribution in [2.24, 2.45) is 0 Å². The van der Waals surface area contributed by atoms with Crippen molar-refractivity contribution >= 4 is 13.1 Å². The second-order valence-electron chi connectivity index (χ2n) is 5.54. The fourth-order valence-electron chi connectivity index (χ4n) is 2.50. The SMILES string of the molecule is COP(=O)(OC)c1oc(-c2ccccc2OCc2ccccc2)nc1C. The van der Waals surface area contributed by atoms with Gasteiger partial charge in [-0.1, -0.05) is 42.5 Å². The van der Waals surface area contributed by atoms with Gasteiger partial charge in [-0.2, -0.15) is 0 Å². The van der Waals surface area contributed by atoms with Crippen LogP contribution in [-0.4, -0.2) is 19.2 Å². The van der Waals surface area contributed by atoms with Crippen LogP contribution in [0.15, 0.2) is 59.0 Å². The number of hydrogen-bond donors (Lipinski definition) is 0. The Morgan fingerprint density at radius 2 is 1.65 bits per heavy atom. The van der Waals surface area contributed by atoms with Crippen molar-refractivity contribution in [3.8, 4) is 17.2 Å². The van der Waals surface area contributed by atoms with Crippen LogP contribution >= 0.6 is 7.60 Å². The first kappa shape index (κ1) is 18.4. The van der Waals surface area contributed by atoms with E-state index in [1.807, 2.05) is 54.6 Å². The molecule has 0 atom stereocenters. The molecule has 3 aromatic rings. The smallest absolute Gasteiger partial charge is 0.397 e. The highest BCUT2D eigenvalue weighted by molar-refractivity contribution is 7.61. The third kappa shape index (κ3) is 3.73. The predicted molar refractivity (Wildman–Crippen MR) is 98.7 cm³/mol. The summed E-state index contributed by atoms with van der Waals surface area (Å²) in [5.74, 6) is 0.921. The van der Waals surface area contributed by atoms with Crippen LogP contribution in [0.1, 0.15) is 11.3 Å². The molecule has 136 valence electrons. The Labute approximate surface area is 152 Å². The van der Waals surface area contributed by atoms with Gasteiger partial charge in [0.2, 0.25) is 11.4 Å². The number of rotatable bonds is 7. The first-order chi connectivity index (χ1) is 12.6. The number of aromatic nitrogens is 1. The van der Waals surface area contributed by atoms with E-state index in [9.17, 15) is 4.57 Å². The summed E-state index contributed by atoms with van der Waals surface area (Å²) in [6.07, 6.45) is 0. The quantitative estimate of drug-likeness (QED) is 0.574. The molecule has 0 N–H and O–H groups in total. The molecular formula is C19H20NO5P. The summed E-state index contributed by atoms with van der Waals surface area (Å²) in [6.45, 7) is 2.11. The molecular weight excluding hydrogens is 353 g/mol. The summed E-state index contributed by atoms with van der Waals surface area (Å²) < 4.78 is 34.3. The molecule has 0 saturated carbocycles. The fourth-order valence-corrected chi connectivity index (χ4v) is 3.63. The minimum absolute atomic E-state index is 0.0929. The molecule has 1 heterocycles. The van der Waals surface area contributed by atoms with E-state index in [0.29, 0.717) is 29.5 Å². The summed E-state index contributed by atoms with van der Waals surface area (Å²) >= 11 is 0. The van der Waals surface area contributed by atoms with E-state index in [1.54, 1.807) is 6.92 Å². The Hall–Kier alpha value is -2.40. The lowest BCUT2D eigenvalue weighted by Gasteiger charge is -2.11. The van der Waals surface area contributed by atoms with Gasteiger partial charge >= 0.3 is 7.60 Å². The highest BCUT2D eigenvalue weighted by Crippen LogP contribution is 2.47. The zero-order chi connectivity index (χ0) is 18.6. The van der Waals surface area contributed by atoms with Crippen molar-refractivity contribution in [1.29, 1.82) is 0 Å². The van der Waals surface area contributed by atoms with Crippen LogP contribution in [0.25, 0.3) is 11.5 Å². The maximum absolute atomic E-state index is 12.6. The van der Waals surface area contributed by atoms with E-state index < -0.39 is 7.60 Å². The van der Waals surface area contributed by atoms with E-state index in [4.69, 9.17) is 18.2 Å². The fraction of sp³-hybridized carbons (Fsp3) is 0.211. The number of benzene rings is 2. The van der Waals surface area contributed by atoms with Crippen LogP contribution in [0.4, 0.5) is 0 Å². The van der Waals surface area contributed by atoms with Crippen LogP contribution in [0.5, 0.6) is 5.75 Å². The van der Waals surface area contributed by atoms with Crippen molar-refractivity contribution in [3.05, 3.63) is 65.9 Å². The Kier molecular flexibility index (Phi) is 5.57. The molecule has 0 amide bonds. The molecule has 3 rings (SSSR count). The molecule has 0 aliphatic carbocycles. The van der Waals surface area contributed by atoms with Crippen LogP contribution < -0.4 is 10.2 Å². The van der Waals surface area contributed by atoms with Crippen molar-refractivity contribution in [2.45, 2.75) is 13.5 Å². The van der Waals surface area contributed by atoms with Crippen LogP contribution in [0.3, 0.4) is 0 Å². The van der Waals surface area contributed by atoms with Gasteiger partial charge in [-0.05, 0) is 24.6 Å². The van der Waals surface area contributed by atoms with Crippen molar-refractivity contribution in [2.75, 3.05) is 14.2 Å². The van der Waals surface area contributed by atoms with Gasteiger partial charge in [-0.15, -0.1) is 0 Å². The number of nitrogens with zero attached hydrogens (tertiary/aromatic N) is 1. The minimum atomic E-state index is -3.52. The third-order valence-electron chi connectivity index (χ3n) is 3.86. The molecule has 0 saturated heterocycles. The Bertz CT molecular complexity index is 915. The van der Waals surface area contributed by atoms with E-state index in [0.717, 1.165) is 5.56 Å². The zero-order valence-corrected chi connectivity index (χ0v) is 15.7. The molecule has 0 aliphatic rings. The molecule has 7 heteroatoms. The second kappa shape index (κ2) is 7.87. The van der Waals surface area contributed by atoms with Gasteiger partial charge < -0.3 is 18.2 Å². The first-order valence-corrected chi connectivity index (χ1v) is 9.57. The van der Waals surface area contributed by atoms with E-state index >= 15 is 0 Å². The van der Waals surface area contributed by atoms with Crippen molar-refractivity contribution in [1.82, 2.24) is 4.98 Å². The van der Waals surface area contributed by atoms with E-state index in [2.05, 4.69) is 4.98 Å². The first-order valence-electron chi connectivity index (χ1n) is 8.03. The summed E-state index contributed by atoms with van der Waals surface area (Å²) in [4.78, 5) is 4.38. The van der Waals surface area contributed by atoms with E-state index in [-0.39, 0.29) is 5.50 Å². The number of ether oxygens (including phenoxy) is 1. The molecule has 0 fully saturated rings. The maximum Gasteiger partial charge on any atom is 0.397 e. The summed E-state index contributed by atoms with van der Waals surface area (Å²) in [5.41, 5.74) is 2.26. The Morgan fingerprint density at radius 1 is 1.00 bits per heavy atom. The second-order valence-corrected chi connectivity index (χ2v) is 7.67. The highest BCUT2D eigenvalue weighted by atomic mass is 31.2. The van der Waals surface area contributed by atoms with Crippen molar-refractivity contribution < 1.29 is 22.8 Å². The predicted octanol–water partition coefficient (Wildman–Crippen LogP) is 4.34. The van der Waals surface area contributed by atoms with E-state index in [1.165, 1.54) is 14.2 Å².